The van der Waals surface area contributed by atoms with Gasteiger partial charge in [0.05, 0.1) is 16.3 Å². The molecule has 0 saturated carbocycles. The van der Waals surface area contributed by atoms with Crippen LogP contribution in [-0.2, 0) is 6.54 Å². The molecule has 3 heterocycles. The first-order valence-electron chi connectivity index (χ1n) is 5.89. The molecule has 0 fully saturated rings. The predicted octanol–water partition coefficient (Wildman–Crippen LogP) is 2.56. The molecule has 0 bridgehead atoms. The molecule has 3 aromatic heterocycles. The van der Waals surface area contributed by atoms with Crippen LogP contribution in [0.3, 0.4) is 0 Å². The van der Waals surface area contributed by atoms with E-state index >= 15 is 0 Å². The van der Waals surface area contributed by atoms with Gasteiger partial charge < -0.3 is 10.3 Å². The van der Waals surface area contributed by atoms with Crippen molar-refractivity contribution in [3.05, 3.63) is 47.5 Å². The molecule has 92 valence electrons. The fraction of sp³-hybridized carbons (Fsp3) is 0.231. The summed E-state index contributed by atoms with van der Waals surface area (Å²) in [7, 11) is 0. The minimum absolute atomic E-state index is 0.223. The fourth-order valence-electron chi connectivity index (χ4n) is 2.05. The third-order valence-electron chi connectivity index (χ3n) is 3.05. The Balaban J connectivity index is 2.03. The number of aryl methyl sites for hydroxylation is 1. The molecule has 5 heteroatoms. The van der Waals surface area contributed by atoms with Gasteiger partial charge in [-0.2, -0.15) is 0 Å². The van der Waals surface area contributed by atoms with Crippen LogP contribution in [0.25, 0.3) is 10.2 Å². The number of fused-ring (bicyclic) bond motifs is 1. The van der Waals surface area contributed by atoms with Crippen LogP contribution in [0.5, 0.6) is 0 Å². The third kappa shape index (κ3) is 1.81. The van der Waals surface area contributed by atoms with Crippen molar-refractivity contribution in [3.8, 4) is 0 Å². The van der Waals surface area contributed by atoms with Crippen molar-refractivity contribution in [2.75, 3.05) is 0 Å². The van der Waals surface area contributed by atoms with Crippen LogP contribution < -0.4 is 5.73 Å². The standard InChI is InChI=1S/C13H14N4S/c1-2-17-5-4-15-13(17)12(14)9-7-11-10(16-8-9)3-6-18-11/h3-8,12H,2,14H2,1H3. The van der Waals surface area contributed by atoms with Gasteiger partial charge in [-0.3, -0.25) is 4.98 Å². The topological polar surface area (TPSA) is 56.7 Å². The average Bonchev–Trinajstić information content (AvgIpc) is 3.05. The van der Waals surface area contributed by atoms with Crippen molar-refractivity contribution in [1.82, 2.24) is 14.5 Å². The number of nitrogens with two attached hydrogens (primary N) is 1. The summed E-state index contributed by atoms with van der Waals surface area (Å²) < 4.78 is 3.22. The predicted molar refractivity (Wildman–Crippen MR) is 73.6 cm³/mol. The lowest BCUT2D eigenvalue weighted by Gasteiger charge is -2.13. The second-order valence-electron chi connectivity index (χ2n) is 4.12. The summed E-state index contributed by atoms with van der Waals surface area (Å²) in [5.41, 5.74) is 8.31. The Hall–Kier alpha value is -1.72. The SMILES string of the molecule is CCn1ccnc1C(N)c1cnc2ccsc2c1. The molecule has 1 unspecified atom stereocenters. The first-order chi connectivity index (χ1) is 8.79. The van der Waals surface area contributed by atoms with Crippen LogP contribution in [0.1, 0.15) is 24.4 Å². The van der Waals surface area contributed by atoms with Crippen molar-refractivity contribution in [1.29, 1.82) is 0 Å². The highest BCUT2D eigenvalue weighted by Crippen LogP contribution is 2.24. The average molecular weight is 258 g/mol. The smallest absolute Gasteiger partial charge is 0.130 e. The van der Waals surface area contributed by atoms with Crippen LogP contribution in [0, 0.1) is 0 Å². The normalized spacial score (nSPS) is 13.0. The van der Waals surface area contributed by atoms with Gasteiger partial charge in [0, 0.05) is 25.1 Å². The van der Waals surface area contributed by atoms with Gasteiger partial charge >= 0.3 is 0 Å². The highest BCUT2D eigenvalue weighted by atomic mass is 32.1. The molecule has 0 aromatic carbocycles. The summed E-state index contributed by atoms with van der Waals surface area (Å²) in [5.74, 6) is 0.884. The first-order valence-corrected chi connectivity index (χ1v) is 6.77. The third-order valence-corrected chi connectivity index (χ3v) is 3.90. The molecular formula is C13H14N4S. The molecule has 18 heavy (non-hydrogen) atoms. The van der Waals surface area contributed by atoms with Crippen LogP contribution in [-0.4, -0.2) is 14.5 Å². The summed E-state index contributed by atoms with van der Waals surface area (Å²) in [6, 6.07) is 3.90. The maximum atomic E-state index is 6.28. The summed E-state index contributed by atoms with van der Waals surface area (Å²) in [5, 5.41) is 2.04. The van der Waals surface area contributed by atoms with Gasteiger partial charge in [-0.25, -0.2) is 4.98 Å². The van der Waals surface area contributed by atoms with Gasteiger partial charge in [0.1, 0.15) is 5.82 Å². The first kappa shape index (κ1) is 11.4. The Morgan fingerprint density at radius 1 is 1.44 bits per heavy atom. The highest BCUT2D eigenvalue weighted by molar-refractivity contribution is 7.17. The molecule has 2 N–H and O–H groups in total. The van der Waals surface area contributed by atoms with E-state index in [9.17, 15) is 0 Å². The zero-order chi connectivity index (χ0) is 12.5. The van der Waals surface area contributed by atoms with E-state index in [2.05, 4.69) is 27.5 Å². The maximum Gasteiger partial charge on any atom is 0.130 e. The van der Waals surface area contributed by atoms with E-state index in [1.54, 1.807) is 17.5 Å². The highest BCUT2D eigenvalue weighted by Gasteiger charge is 2.15. The van der Waals surface area contributed by atoms with Crippen LogP contribution in [0.15, 0.2) is 36.1 Å². The van der Waals surface area contributed by atoms with Gasteiger partial charge in [-0.05, 0) is 30.0 Å². The zero-order valence-corrected chi connectivity index (χ0v) is 10.9. The number of rotatable bonds is 3. The van der Waals surface area contributed by atoms with Crippen LogP contribution >= 0.6 is 11.3 Å². The Labute approximate surface area is 109 Å². The van der Waals surface area contributed by atoms with Gasteiger partial charge in [0.15, 0.2) is 0 Å². The molecule has 0 saturated heterocycles. The quantitative estimate of drug-likeness (QED) is 0.785. The number of imidazole rings is 1. The number of hydrogen-bond donors (Lipinski definition) is 1. The number of nitrogens with zero attached hydrogens (tertiary/aromatic N) is 3. The van der Waals surface area contributed by atoms with Gasteiger partial charge in [0.2, 0.25) is 0 Å². The maximum absolute atomic E-state index is 6.28. The fourth-order valence-corrected chi connectivity index (χ4v) is 2.84. The minimum atomic E-state index is -0.223. The van der Waals surface area contributed by atoms with E-state index in [-0.39, 0.29) is 6.04 Å². The van der Waals surface area contributed by atoms with E-state index in [1.165, 1.54) is 0 Å². The molecular weight excluding hydrogens is 244 g/mol. The number of hydrogen-bond acceptors (Lipinski definition) is 4. The molecule has 0 amide bonds. The second-order valence-corrected chi connectivity index (χ2v) is 5.07. The minimum Gasteiger partial charge on any atom is -0.334 e. The number of aromatic nitrogens is 3. The van der Waals surface area contributed by atoms with Gasteiger partial charge in [-0.15, -0.1) is 11.3 Å². The van der Waals surface area contributed by atoms with Gasteiger partial charge in [-0.1, -0.05) is 0 Å². The molecule has 1 atom stereocenters. The molecule has 3 rings (SSSR count). The van der Waals surface area contributed by atoms with Crippen molar-refractivity contribution in [2.45, 2.75) is 19.5 Å². The molecule has 0 radical (unpaired) electrons. The zero-order valence-electron chi connectivity index (χ0n) is 10.1. The molecule has 0 aliphatic carbocycles. The lowest BCUT2D eigenvalue weighted by atomic mass is 10.1. The Kier molecular flexibility index (Phi) is 2.85. The Morgan fingerprint density at radius 3 is 3.17 bits per heavy atom. The summed E-state index contributed by atoms with van der Waals surface area (Å²) in [6.45, 7) is 2.95. The lowest BCUT2D eigenvalue weighted by molar-refractivity contribution is 0.656. The molecule has 4 nitrogen and oxygen atoms in total. The van der Waals surface area contributed by atoms with Crippen molar-refractivity contribution in [3.63, 3.8) is 0 Å². The Bertz CT molecular complexity index is 670. The number of thiophene rings is 1. The van der Waals surface area contributed by atoms with Gasteiger partial charge in [0.25, 0.3) is 0 Å². The second kappa shape index (κ2) is 4.51. The monoisotopic (exact) mass is 258 g/mol. The van der Waals surface area contributed by atoms with E-state index in [1.807, 2.05) is 23.8 Å². The summed E-state index contributed by atoms with van der Waals surface area (Å²) in [4.78, 5) is 8.77. The summed E-state index contributed by atoms with van der Waals surface area (Å²) in [6.07, 6.45) is 5.58. The Morgan fingerprint density at radius 2 is 2.33 bits per heavy atom. The lowest BCUT2D eigenvalue weighted by Crippen LogP contribution is -2.17. The molecule has 0 aliphatic rings. The molecule has 0 aliphatic heterocycles. The van der Waals surface area contributed by atoms with Crippen molar-refractivity contribution < 1.29 is 0 Å². The molecule has 0 spiro atoms. The van der Waals surface area contributed by atoms with E-state index in [4.69, 9.17) is 5.73 Å². The van der Waals surface area contributed by atoms with Crippen LogP contribution in [0.4, 0.5) is 0 Å². The van der Waals surface area contributed by atoms with E-state index < -0.39 is 0 Å². The van der Waals surface area contributed by atoms with Crippen molar-refractivity contribution >= 4 is 21.6 Å². The van der Waals surface area contributed by atoms with Crippen molar-refractivity contribution in [2.24, 2.45) is 5.73 Å². The molecule has 3 aromatic rings. The summed E-state index contributed by atoms with van der Waals surface area (Å²) >= 11 is 1.68. The van der Waals surface area contributed by atoms with Crippen LogP contribution in [0.2, 0.25) is 0 Å². The number of pyridine rings is 1. The van der Waals surface area contributed by atoms with E-state index in [0.717, 1.165) is 28.1 Å². The largest absolute Gasteiger partial charge is 0.334 e. The van der Waals surface area contributed by atoms with E-state index in [0.29, 0.717) is 0 Å².